The molecule has 0 aliphatic rings. The lowest BCUT2D eigenvalue weighted by Gasteiger charge is -2.15. The highest BCUT2D eigenvalue weighted by Crippen LogP contribution is 2.15. The molecular formula is C17H20O2. The molecule has 1 unspecified atom stereocenters. The van der Waals surface area contributed by atoms with E-state index in [0.29, 0.717) is 0 Å². The van der Waals surface area contributed by atoms with E-state index in [1.54, 1.807) is 0 Å². The fraction of sp³-hybridized carbons (Fsp3) is 0.294. The van der Waals surface area contributed by atoms with Gasteiger partial charge in [-0.1, -0.05) is 42.0 Å². The molecular weight excluding hydrogens is 236 g/mol. The summed E-state index contributed by atoms with van der Waals surface area (Å²) in [6, 6.07) is 16.1. The van der Waals surface area contributed by atoms with Gasteiger partial charge in [0.15, 0.2) is 0 Å². The Morgan fingerprint density at radius 3 is 2.11 bits per heavy atom. The van der Waals surface area contributed by atoms with E-state index in [1.165, 1.54) is 11.1 Å². The first-order valence-corrected chi connectivity index (χ1v) is 6.59. The van der Waals surface area contributed by atoms with Crippen LogP contribution in [0.5, 0.6) is 5.75 Å². The Morgan fingerprint density at radius 1 is 0.947 bits per heavy atom. The van der Waals surface area contributed by atoms with Crippen LogP contribution in [0.15, 0.2) is 48.5 Å². The third kappa shape index (κ3) is 4.11. The zero-order chi connectivity index (χ0) is 13.7. The predicted octanol–water partition coefficient (Wildman–Crippen LogP) is 3.50. The average molecular weight is 256 g/mol. The van der Waals surface area contributed by atoms with Crippen molar-refractivity contribution in [3.8, 4) is 5.75 Å². The maximum atomic E-state index is 9.00. The molecule has 0 amide bonds. The molecule has 1 atom stereocenters. The zero-order valence-corrected chi connectivity index (χ0v) is 11.5. The topological polar surface area (TPSA) is 29.5 Å². The van der Waals surface area contributed by atoms with Gasteiger partial charge in [-0.2, -0.15) is 0 Å². The molecule has 2 nitrogen and oxygen atoms in total. The Labute approximate surface area is 114 Å². The van der Waals surface area contributed by atoms with Gasteiger partial charge in [0.25, 0.3) is 0 Å². The number of hydrogen-bond acceptors (Lipinski definition) is 2. The number of ether oxygens (including phenoxy) is 1. The number of rotatable bonds is 5. The standard InChI is InChI=1S/C17H20O2/c1-13-3-9-17(10-4-13)19-14(2)11-15-5-7-16(12-18)8-6-15/h3-10,14,18H,11-12H2,1-2H3. The van der Waals surface area contributed by atoms with Crippen molar-refractivity contribution in [1.82, 2.24) is 0 Å². The van der Waals surface area contributed by atoms with E-state index in [9.17, 15) is 0 Å². The molecule has 2 heteroatoms. The van der Waals surface area contributed by atoms with Crippen molar-refractivity contribution in [2.75, 3.05) is 0 Å². The molecule has 0 saturated heterocycles. The van der Waals surface area contributed by atoms with Gasteiger partial charge in [0.2, 0.25) is 0 Å². The molecule has 1 N–H and O–H groups in total. The Kier molecular flexibility index (Phi) is 4.58. The highest BCUT2D eigenvalue weighted by molar-refractivity contribution is 5.27. The molecule has 0 saturated carbocycles. The van der Waals surface area contributed by atoms with Crippen LogP contribution in [0.2, 0.25) is 0 Å². The first-order chi connectivity index (χ1) is 9.17. The molecule has 0 heterocycles. The van der Waals surface area contributed by atoms with Gasteiger partial charge >= 0.3 is 0 Å². The maximum absolute atomic E-state index is 9.00. The summed E-state index contributed by atoms with van der Waals surface area (Å²) in [6.07, 6.45) is 0.988. The predicted molar refractivity (Wildman–Crippen MR) is 77.3 cm³/mol. The molecule has 100 valence electrons. The van der Waals surface area contributed by atoms with Gasteiger partial charge in [-0.15, -0.1) is 0 Å². The monoisotopic (exact) mass is 256 g/mol. The summed E-state index contributed by atoms with van der Waals surface area (Å²) < 4.78 is 5.88. The van der Waals surface area contributed by atoms with Crippen LogP contribution in [-0.2, 0) is 13.0 Å². The number of aliphatic hydroxyl groups is 1. The smallest absolute Gasteiger partial charge is 0.119 e. The molecule has 0 fully saturated rings. The van der Waals surface area contributed by atoms with Crippen molar-refractivity contribution in [1.29, 1.82) is 0 Å². The minimum atomic E-state index is 0.0930. The van der Waals surface area contributed by atoms with Gasteiger partial charge < -0.3 is 9.84 Å². The first-order valence-electron chi connectivity index (χ1n) is 6.59. The molecule has 19 heavy (non-hydrogen) atoms. The van der Waals surface area contributed by atoms with E-state index in [0.717, 1.165) is 17.7 Å². The summed E-state index contributed by atoms with van der Waals surface area (Å²) in [4.78, 5) is 0. The molecule has 0 bridgehead atoms. The van der Waals surface area contributed by atoms with Gasteiger partial charge in [-0.3, -0.25) is 0 Å². The van der Waals surface area contributed by atoms with Gasteiger partial charge in [-0.05, 0) is 37.1 Å². The Balaban J connectivity index is 1.92. The fourth-order valence-electron chi connectivity index (χ4n) is 2.00. The highest BCUT2D eigenvalue weighted by Gasteiger charge is 2.05. The van der Waals surface area contributed by atoms with E-state index < -0.39 is 0 Å². The summed E-state index contributed by atoms with van der Waals surface area (Å²) in [5.41, 5.74) is 3.40. The molecule has 0 aliphatic heterocycles. The minimum absolute atomic E-state index is 0.0930. The van der Waals surface area contributed by atoms with Crippen LogP contribution in [0.1, 0.15) is 23.6 Å². The Bertz CT molecular complexity index is 500. The molecule has 0 radical (unpaired) electrons. The zero-order valence-electron chi connectivity index (χ0n) is 11.5. The van der Waals surface area contributed by atoms with Crippen molar-refractivity contribution in [2.24, 2.45) is 0 Å². The van der Waals surface area contributed by atoms with Crippen LogP contribution in [0.4, 0.5) is 0 Å². The normalized spacial score (nSPS) is 12.2. The number of aryl methyl sites for hydroxylation is 1. The second-order valence-corrected chi connectivity index (χ2v) is 4.92. The van der Waals surface area contributed by atoms with Gasteiger partial charge in [0, 0.05) is 6.42 Å². The molecule has 0 spiro atoms. The molecule has 2 rings (SSSR count). The maximum Gasteiger partial charge on any atom is 0.119 e. The largest absolute Gasteiger partial charge is 0.490 e. The van der Waals surface area contributed by atoms with Crippen LogP contribution in [0.3, 0.4) is 0 Å². The number of aliphatic hydroxyl groups excluding tert-OH is 1. The van der Waals surface area contributed by atoms with Crippen molar-refractivity contribution in [3.05, 3.63) is 65.2 Å². The quantitative estimate of drug-likeness (QED) is 0.887. The van der Waals surface area contributed by atoms with E-state index in [-0.39, 0.29) is 12.7 Å². The van der Waals surface area contributed by atoms with Crippen LogP contribution in [0, 0.1) is 6.92 Å². The van der Waals surface area contributed by atoms with E-state index >= 15 is 0 Å². The Hall–Kier alpha value is -1.80. The van der Waals surface area contributed by atoms with Crippen molar-refractivity contribution in [2.45, 2.75) is 33.0 Å². The summed E-state index contributed by atoms with van der Waals surface area (Å²) in [5, 5.41) is 9.00. The second kappa shape index (κ2) is 6.39. The van der Waals surface area contributed by atoms with E-state index in [4.69, 9.17) is 9.84 Å². The first kappa shape index (κ1) is 13.6. The van der Waals surface area contributed by atoms with E-state index in [1.807, 2.05) is 36.4 Å². The summed E-state index contributed by atoms with van der Waals surface area (Å²) >= 11 is 0. The molecule has 0 aliphatic carbocycles. The van der Waals surface area contributed by atoms with Crippen LogP contribution in [0.25, 0.3) is 0 Å². The third-order valence-corrected chi connectivity index (χ3v) is 3.09. The summed E-state index contributed by atoms with van der Waals surface area (Å²) in [7, 11) is 0. The van der Waals surface area contributed by atoms with Crippen LogP contribution < -0.4 is 4.74 Å². The minimum Gasteiger partial charge on any atom is -0.490 e. The fourth-order valence-corrected chi connectivity index (χ4v) is 2.00. The van der Waals surface area contributed by atoms with Crippen molar-refractivity contribution in [3.63, 3.8) is 0 Å². The third-order valence-electron chi connectivity index (χ3n) is 3.09. The Morgan fingerprint density at radius 2 is 1.53 bits per heavy atom. The van der Waals surface area contributed by atoms with Crippen molar-refractivity contribution >= 4 is 0 Å². The lowest BCUT2D eigenvalue weighted by atomic mass is 10.1. The highest BCUT2D eigenvalue weighted by atomic mass is 16.5. The van der Waals surface area contributed by atoms with Gasteiger partial charge in [-0.25, -0.2) is 0 Å². The SMILES string of the molecule is Cc1ccc(OC(C)Cc2ccc(CO)cc2)cc1. The number of benzene rings is 2. The second-order valence-electron chi connectivity index (χ2n) is 4.92. The van der Waals surface area contributed by atoms with Crippen LogP contribution in [-0.4, -0.2) is 11.2 Å². The summed E-state index contributed by atoms with van der Waals surface area (Å²) in [5.74, 6) is 0.907. The molecule has 2 aromatic carbocycles. The summed E-state index contributed by atoms with van der Waals surface area (Å²) in [6.45, 7) is 4.23. The van der Waals surface area contributed by atoms with Gasteiger partial charge in [0.1, 0.15) is 5.75 Å². The van der Waals surface area contributed by atoms with Crippen LogP contribution >= 0.6 is 0 Å². The number of hydrogen-bond donors (Lipinski definition) is 1. The van der Waals surface area contributed by atoms with Crippen molar-refractivity contribution < 1.29 is 9.84 Å². The lowest BCUT2D eigenvalue weighted by molar-refractivity contribution is 0.222. The molecule has 2 aromatic rings. The lowest BCUT2D eigenvalue weighted by Crippen LogP contribution is -2.15. The average Bonchev–Trinajstić information content (AvgIpc) is 2.42. The molecule has 0 aromatic heterocycles. The van der Waals surface area contributed by atoms with E-state index in [2.05, 4.69) is 26.0 Å². The van der Waals surface area contributed by atoms with Gasteiger partial charge in [0.05, 0.1) is 12.7 Å².